The number of ether oxygens (including phenoxy) is 2. The van der Waals surface area contributed by atoms with Crippen LogP contribution in [0.25, 0.3) is 0 Å². The van der Waals surface area contributed by atoms with Gasteiger partial charge in [-0.3, -0.25) is 4.79 Å². The van der Waals surface area contributed by atoms with Gasteiger partial charge in [0.1, 0.15) is 17.0 Å². The highest BCUT2D eigenvalue weighted by atomic mass is 19.3. The summed E-state index contributed by atoms with van der Waals surface area (Å²) in [5.41, 5.74) is -2.13. The van der Waals surface area contributed by atoms with E-state index in [0.29, 0.717) is 0 Å². The Kier molecular flexibility index (Phi) is 3.60. The molecule has 5 nitrogen and oxygen atoms in total. The smallest absolute Gasteiger partial charge is 0.354 e. The first-order valence-corrected chi connectivity index (χ1v) is 4.19. The molecule has 0 aliphatic heterocycles. The second-order valence-electron chi connectivity index (χ2n) is 2.79. The molecule has 7 heteroatoms. The number of aromatic amines is 1. The van der Waals surface area contributed by atoms with Gasteiger partial charge in [0, 0.05) is 6.07 Å². The first kappa shape index (κ1) is 12.2. The van der Waals surface area contributed by atoms with Crippen LogP contribution in [-0.4, -0.2) is 25.2 Å². The van der Waals surface area contributed by atoms with Gasteiger partial charge in [-0.05, 0) is 0 Å². The molecule has 0 saturated heterocycles. The van der Waals surface area contributed by atoms with Gasteiger partial charge in [-0.15, -0.1) is 0 Å². The number of aromatic nitrogens is 1. The van der Waals surface area contributed by atoms with Gasteiger partial charge in [-0.25, -0.2) is 13.6 Å². The molecule has 16 heavy (non-hydrogen) atoms. The minimum atomic E-state index is -2.98. The number of esters is 1. The number of methoxy groups -OCH3 is 2. The number of H-pyrrole nitrogens is 1. The number of carbonyl (C=O) groups excluding carboxylic acids is 1. The van der Waals surface area contributed by atoms with Crippen LogP contribution in [0.2, 0.25) is 0 Å². The Balaban J connectivity index is 3.38. The molecule has 1 N–H and O–H groups in total. The summed E-state index contributed by atoms with van der Waals surface area (Å²) in [5, 5.41) is 0. The fourth-order valence-electron chi connectivity index (χ4n) is 1.14. The zero-order valence-electron chi connectivity index (χ0n) is 8.54. The van der Waals surface area contributed by atoms with Gasteiger partial charge < -0.3 is 14.5 Å². The van der Waals surface area contributed by atoms with Crippen molar-refractivity contribution < 1.29 is 23.0 Å². The lowest BCUT2D eigenvalue weighted by molar-refractivity contribution is 0.0592. The fourth-order valence-corrected chi connectivity index (χ4v) is 1.14. The molecule has 1 aromatic heterocycles. The van der Waals surface area contributed by atoms with Gasteiger partial charge in [-0.2, -0.15) is 0 Å². The Bertz CT molecular complexity index is 455. The van der Waals surface area contributed by atoms with E-state index in [1.165, 1.54) is 0 Å². The lowest BCUT2D eigenvalue weighted by atomic mass is 10.2. The molecule has 0 aliphatic carbocycles. The summed E-state index contributed by atoms with van der Waals surface area (Å²) < 4.78 is 33.9. The number of carbonyl (C=O) groups is 1. The molecular weight excluding hydrogens is 224 g/mol. The summed E-state index contributed by atoms with van der Waals surface area (Å²) in [6.45, 7) is 0. The van der Waals surface area contributed by atoms with Crippen molar-refractivity contribution in [1.29, 1.82) is 0 Å². The molecule has 0 aliphatic rings. The Hall–Kier alpha value is -1.92. The van der Waals surface area contributed by atoms with Crippen molar-refractivity contribution in [3.8, 4) is 5.75 Å². The summed E-state index contributed by atoms with van der Waals surface area (Å²) in [6, 6.07) is 0.995. The van der Waals surface area contributed by atoms with Crippen LogP contribution in [0.4, 0.5) is 8.78 Å². The predicted octanol–water partition coefficient (Wildman–Crippen LogP) is 1.11. The molecule has 0 radical (unpaired) electrons. The molecule has 88 valence electrons. The first-order chi connectivity index (χ1) is 7.51. The lowest BCUT2D eigenvalue weighted by Crippen LogP contribution is -2.19. The number of alkyl halides is 2. The highest BCUT2D eigenvalue weighted by Crippen LogP contribution is 2.25. The van der Waals surface area contributed by atoms with Gasteiger partial charge in [0.2, 0.25) is 0 Å². The minimum absolute atomic E-state index is 0.242. The van der Waals surface area contributed by atoms with Crippen molar-refractivity contribution in [2.24, 2.45) is 0 Å². The molecule has 0 unspecified atom stereocenters. The van der Waals surface area contributed by atoms with Crippen LogP contribution in [0.1, 0.15) is 22.5 Å². The van der Waals surface area contributed by atoms with Crippen LogP contribution in [0, 0.1) is 0 Å². The van der Waals surface area contributed by atoms with Gasteiger partial charge in [0.05, 0.1) is 14.2 Å². The number of rotatable bonds is 3. The number of pyridine rings is 1. The molecule has 1 aromatic rings. The van der Waals surface area contributed by atoms with Crippen molar-refractivity contribution in [2.45, 2.75) is 6.43 Å². The van der Waals surface area contributed by atoms with E-state index >= 15 is 0 Å². The summed E-state index contributed by atoms with van der Waals surface area (Å²) in [6.07, 6.45) is -2.98. The molecule has 0 bridgehead atoms. The molecule has 0 spiro atoms. The Morgan fingerprint density at radius 3 is 2.50 bits per heavy atom. The fraction of sp³-hybridized carbons (Fsp3) is 0.333. The Labute approximate surface area is 89.0 Å². The van der Waals surface area contributed by atoms with Gasteiger partial charge in [-0.1, -0.05) is 0 Å². The monoisotopic (exact) mass is 233 g/mol. The number of hydrogen-bond acceptors (Lipinski definition) is 4. The van der Waals surface area contributed by atoms with Crippen molar-refractivity contribution >= 4 is 5.97 Å². The molecular formula is C9H9F2NO4. The summed E-state index contributed by atoms with van der Waals surface area (Å²) >= 11 is 0. The van der Waals surface area contributed by atoms with Crippen LogP contribution in [0.3, 0.4) is 0 Å². The van der Waals surface area contributed by atoms with E-state index in [9.17, 15) is 18.4 Å². The number of halogens is 2. The van der Waals surface area contributed by atoms with Gasteiger partial charge in [0.15, 0.2) is 0 Å². The molecule has 0 amide bonds. The van der Waals surface area contributed by atoms with Crippen molar-refractivity contribution in [3.63, 3.8) is 0 Å². The van der Waals surface area contributed by atoms with E-state index in [-0.39, 0.29) is 11.4 Å². The van der Waals surface area contributed by atoms with E-state index in [1.807, 2.05) is 4.98 Å². The first-order valence-electron chi connectivity index (χ1n) is 4.19. The maximum atomic E-state index is 12.5. The van der Waals surface area contributed by atoms with Crippen LogP contribution in [-0.2, 0) is 4.74 Å². The van der Waals surface area contributed by atoms with Crippen molar-refractivity contribution in [2.75, 3.05) is 14.2 Å². The van der Waals surface area contributed by atoms with Crippen LogP contribution in [0.5, 0.6) is 5.75 Å². The zero-order chi connectivity index (χ0) is 12.3. The van der Waals surface area contributed by atoms with Crippen LogP contribution >= 0.6 is 0 Å². The summed E-state index contributed by atoms with van der Waals surface area (Å²) in [4.78, 5) is 24.3. The molecule has 0 atom stereocenters. The molecule has 0 saturated carbocycles. The van der Waals surface area contributed by atoms with E-state index in [0.717, 1.165) is 20.3 Å². The van der Waals surface area contributed by atoms with Crippen molar-refractivity contribution in [3.05, 3.63) is 27.7 Å². The molecule has 0 fully saturated rings. The highest BCUT2D eigenvalue weighted by molar-refractivity contribution is 5.87. The average Bonchev–Trinajstić information content (AvgIpc) is 2.26. The third kappa shape index (κ3) is 2.18. The lowest BCUT2D eigenvalue weighted by Gasteiger charge is -2.08. The maximum absolute atomic E-state index is 12.5. The van der Waals surface area contributed by atoms with Gasteiger partial charge >= 0.3 is 5.97 Å². The normalized spacial score (nSPS) is 10.3. The topological polar surface area (TPSA) is 68.4 Å². The van der Waals surface area contributed by atoms with Crippen LogP contribution < -0.4 is 10.3 Å². The predicted molar refractivity (Wildman–Crippen MR) is 49.9 cm³/mol. The quantitative estimate of drug-likeness (QED) is 0.794. The largest absolute Gasteiger partial charge is 0.496 e. The average molecular weight is 233 g/mol. The van der Waals surface area contributed by atoms with E-state index in [4.69, 9.17) is 0 Å². The molecule has 1 rings (SSSR count). The Morgan fingerprint density at radius 1 is 1.44 bits per heavy atom. The van der Waals surface area contributed by atoms with E-state index < -0.39 is 23.5 Å². The third-order valence-corrected chi connectivity index (χ3v) is 1.88. The summed E-state index contributed by atoms with van der Waals surface area (Å²) in [5.74, 6) is -1.18. The van der Waals surface area contributed by atoms with E-state index in [2.05, 4.69) is 9.47 Å². The van der Waals surface area contributed by atoms with E-state index in [1.54, 1.807) is 0 Å². The minimum Gasteiger partial charge on any atom is -0.496 e. The molecule has 0 aromatic carbocycles. The van der Waals surface area contributed by atoms with Crippen molar-refractivity contribution in [1.82, 2.24) is 4.98 Å². The third-order valence-electron chi connectivity index (χ3n) is 1.88. The SMILES string of the molecule is COC(=O)c1cc(OC)c(C(F)F)c(=O)[nH]1. The van der Waals surface area contributed by atoms with Gasteiger partial charge in [0.25, 0.3) is 12.0 Å². The Morgan fingerprint density at radius 2 is 2.06 bits per heavy atom. The molecule has 1 heterocycles. The zero-order valence-corrected chi connectivity index (χ0v) is 8.54. The second kappa shape index (κ2) is 4.73. The number of hydrogen-bond donors (Lipinski definition) is 1. The maximum Gasteiger partial charge on any atom is 0.354 e. The standard InChI is InChI=1S/C9H9F2NO4/c1-15-5-3-4(9(14)16-2)12-8(13)6(5)7(10)11/h3,7H,1-2H3,(H,12,13). The second-order valence-corrected chi connectivity index (χ2v) is 2.79. The van der Waals surface area contributed by atoms with Crippen LogP contribution in [0.15, 0.2) is 10.9 Å². The summed E-state index contributed by atoms with van der Waals surface area (Å²) in [7, 11) is 2.23. The highest BCUT2D eigenvalue weighted by Gasteiger charge is 2.21. The number of nitrogens with one attached hydrogen (secondary N) is 1.